The van der Waals surface area contributed by atoms with Crippen LogP contribution in [0.1, 0.15) is 31.3 Å². The number of aliphatic hydroxyl groups excluding tert-OH is 1. The predicted octanol–water partition coefficient (Wildman–Crippen LogP) is 2.93. The molecule has 0 spiro atoms. The van der Waals surface area contributed by atoms with Gasteiger partial charge in [-0.2, -0.15) is 5.10 Å². The number of aliphatic hydroxyl groups is 1. The normalized spacial score (nSPS) is 12.8. The molecule has 1 heterocycles. The van der Waals surface area contributed by atoms with Crippen molar-refractivity contribution in [3.63, 3.8) is 0 Å². The lowest BCUT2D eigenvalue weighted by molar-refractivity contribution is 0.170. The van der Waals surface area contributed by atoms with Crippen LogP contribution in [-0.4, -0.2) is 26.1 Å². The van der Waals surface area contributed by atoms with Crippen molar-refractivity contribution < 1.29 is 5.11 Å². The monoisotopic (exact) mass is 291 g/mol. The average molecular weight is 291 g/mol. The number of hydrogen-bond acceptors (Lipinski definition) is 4. The molecule has 0 bridgehead atoms. The minimum Gasteiger partial charge on any atom is -0.388 e. The Hall–Kier alpha value is -1.33. The van der Waals surface area contributed by atoms with E-state index in [-0.39, 0.29) is 0 Å². The molecule has 1 N–H and O–H groups in total. The van der Waals surface area contributed by atoms with Crippen LogP contribution in [0.15, 0.2) is 35.5 Å². The van der Waals surface area contributed by atoms with Crippen molar-refractivity contribution >= 4 is 11.8 Å². The van der Waals surface area contributed by atoms with Crippen LogP contribution in [0.2, 0.25) is 0 Å². The van der Waals surface area contributed by atoms with E-state index in [1.165, 1.54) is 0 Å². The van der Waals surface area contributed by atoms with E-state index >= 15 is 0 Å². The van der Waals surface area contributed by atoms with Crippen molar-refractivity contribution in [2.75, 3.05) is 6.26 Å². The zero-order chi connectivity index (χ0) is 14.5. The third kappa shape index (κ3) is 3.61. The van der Waals surface area contributed by atoms with Crippen LogP contribution >= 0.6 is 11.8 Å². The molecule has 2 rings (SSSR count). The fourth-order valence-corrected chi connectivity index (χ4v) is 2.82. The van der Waals surface area contributed by atoms with Gasteiger partial charge in [0, 0.05) is 17.9 Å². The molecular weight excluding hydrogens is 270 g/mol. The van der Waals surface area contributed by atoms with E-state index in [9.17, 15) is 5.11 Å². The highest BCUT2D eigenvalue weighted by molar-refractivity contribution is 7.98. The predicted molar refractivity (Wildman–Crippen MR) is 81.7 cm³/mol. The summed E-state index contributed by atoms with van der Waals surface area (Å²) in [6, 6.07) is 7.95. The van der Waals surface area contributed by atoms with E-state index < -0.39 is 6.10 Å². The number of nitrogens with zero attached hydrogens (tertiary/aromatic N) is 3. The highest BCUT2D eigenvalue weighted by Crippen LogP contribution is 2.27. The SMILES string of the molecule is CSc1ccccc1C(O)Cc1ncnn1CC(C)C. The van der Waals surface area contributed by atoms with Crippen molar-refractivity contribution in [2.45, 2.75) is 37.8 Å². The molecule has 0 saturated heterocycles. The van der Waals surface area contributed by atoms with Crippen molar-refractivity contribution in [1.29, 1.82) is 0 Å². The zero-order valence-corrected chi connectivity index (χ0v) is 13.0. The number of hydrogen-bond donors (Lipinski definition) is 1. The largest absolute Gasteiger partial charge is 0.388 e. The Bertz CT molecular complexity index is 554. The fraction of sp³-hybridized carbons (Fsp3) is 0.467. The summed E-state index contributed by atoms with van der Waals surface area (Å²) >= 11 is 1.65. The minimum atomic E-state index is -0.547. The third-order valence-electron chi connectivity index (χ3n) is 3.11. The highest BCUT2D eigenvalue weighted by Gasteiger charge is 2.16. The summed E-state index contributed by atoms with van der Waals surface area (Å²) in [6.07, 6.45) is 3.52. The van der Waals surface area contributed by atoms with Crippen molar-refractivity contribution in [1.82, 2.24) is 14.8 Å². The molecule has 5 heteroatoms. The maximum absolute atomic E-state index is 10.5. The van der Waals surface area contributed by atoms with Crippen LogP contribution in [0.3, 0.4) is 0 Å². The molecule has 4 nitrogen and oxygen atoms in total. The van der Waals surface area contributed by atoms with E-state index in [0.717, 1.165) is 22.8 Å². The lowest BCUT2D eigenvalue weighted by Crippen LogP contribution is -2.13. The lowest BCUT2D eigenvalue weighted by Gasteiger charge is -2.15. The molecule has 0 saturated carbocycles. The van der Waals surface area contributed by atoms with E-state index in [4.69, 9.17) is 0 Å². The Labute approximate surface area is 124 Å². The highest BCUT2D eigenvalue weighted by atomic mass is 32.2. The van der Waals surface area contributed by atoms with E-state index in [1.807, 2.05) is 35.2 Å². The van der Waals surface area contributed by atoms with Crippen LogP contribution in [-0.2, 0) is 13.0 Å². The molecule has 1 aromatic heterocycles. The van der Waals surface area contributed by atoms with Gasteiger partial charge in [-0.25, -0.2) is 9.67 Å². The first-order chi connectivity index (χ1) is 9.61. The van der Waals surface area contributed by atoms with Gasteiger partial charge in [-0.3, -0.25) is 0 Å². The molecule has 0 radical (unpaired) electrons. The molecule has 0 aliphatic carbocycles. The second kappa shape index (κ2) is 6.90. The second-order valence-corrected chi connectivity index (χ2v) is 6.06. The van der Waals surface area contributed by atoms with Gasteiger partial charge in [0.05, 0.1) is 6.10 Å². The topological polar surface area (TPSA) is 50.9 Å². The van der Waals surface area contributed by atoms with Crippen LogP contribution in [0.5, 0.6) is 0 Å². The van der Waals surface area contributed by atoms with Gasteiger partial charge < -0.3 is 5.11 Å². The summed E-state index contributed by atoms with van der Waals surface area (Å²) in [4.78, 5) is 5.38. The van der Waals surface area contributed by atoms with Crippen LogP contribution in [0.4, 0.5) is 0 Å². The Morgan fingerprint density at radius 3 is 2.75 bits per heavy atom. The number of thioether (sulfide) groups is 1. The van der Waals surface area contributed by atoms with Crippen LogP contribution in [0.25, 0.3) is 0 Å². The van der Waals surface area contributed by atoms with Crippen LogP contribution in [0, 0.1) is 5.92 Å². The zero-order valence-electron chi connectivity index (χ0n) is 12.2. The Kier molecular flexibility index (Phi) is 5.20. The van der Waals surface area contributed by atoms with Crippen molar-refractivity contribution in [3.05, 3.63) is 42.0 Å². The quantitative estimate of drug-likeness (QED) is 0.831. The summed E-state index contributed by atoms with van der Waals surface area (Å²) in [7, 11) is 0. The first kappa shape index (κ1) is 15.1. The summed E-state index contributed by atoms with van der Waals surface area (Å²) in [5, 5.41) is 14.7. The third-order valence-corrected chi connectivity index (χ3v) is 3.92. The molecule has 0 fully saturated rings. The standard InChI is InChI=1S/C15H21N3OS/c1-11(2)9-18-15(16-10-17-18)8-13(19)12-6-4-5-7-14(12)20-3/h4-7,10-11,13,19H,8-9H2,1-3H3. The Balaban J connectivity index is 2.15. The molecule has 1 atom stereocenters. The molecule has 20 heavy (non-hydrogen) atoms. The fourth-order valence-electron chi connectivity index (χ4n) is 2.17. The first-order valence-corrected chi connectivity index (χ1v) is 8.02. The van der Waals surface area contributed by atoms with Gasteiger partial charge in [0.1, 0.15) is 12.2 Å². The second-order valence-electron chi connectivity index (χ2n) is 5.21. The molecule has 1 aromatic carbocycles. The van der Waals surface area contributed by atoms with E-state index in [1.54, 1.807) is 18.1 Å². The Morgan fingerprint density at radius 2 is 2.05 bits per heavy atom. The molecule has 0 amide bonds. The van der Waals surface area contributed by atoms with Gasteiger partial charge in [0.2, 0.25) is 0 Å². The minimum absolute atomic E-state index is 0.490. The number of aromatic nitrogens is 3. The molecule has 2 aromatic rings. The lowest BCUT2D eigenvalue weighted by atomic mass is 10.1. The Morgan fingerprint density at radius 1 is 1.30 bits per heavy atom. The van der Waals surface area contributed by atoms with Gasteiger partial charge in [-0.05, 0) is 23.8 Å². The maximum Gasteiger partial charge on any atom is 0.138 e. The molecular formula is C15H21N3OS. The first-order valence-electron chi connectivity index (χ1n) is 6.79. The van der Waals surface area contributed by atoms with Gasteiger partial charge in [-0.15, -0.1) is 11.8 Å². The smallest absolute Gasteiger partial charge is 0.138 e. The van der Waals surface area contributed by atoms with Gasteiger partial charge in [0.15, 0.2) is 0 Å². The van der Waals surface area contributed by atoms with Gasteiger partial charge in [0.25, 0.3) is 0 Å². The summed E-state index contributed by atoms with van der Waals surface area (Å²) in [5.41, 5.74) is 0.957. The molecule has 0 aliphatic heterocycles. The van der Waals surface area contributed by atoms with E-state index in [2.05, 4.69) is 23.9 Å². The van der Waals surface area contributed by atoms with Gasteiger partial charge >= 0.3 is 0 Å². The average Bonchev–Trinajstić information content (AvgIpc) is 2.85. The summed E-state index contributed by atoms with van der Waals surface area (Å²) < 4.78 is 1.88. The summed E-state index contributed by atoms with van der Waals surface area (Å²) in [5.74, 6) is 1.34. The maximum atomic E-state index is 10.5. The number of benzene rings is 1. The van der Waals surface area contributed by atoms with Gasteiger partial charge in [-0.1, -0.05) is 32.0 Å². The van der Waals surface area contributed by atoms with Crippen molar-refractivity contribution in [2.24, 2.45) is 5.92 Å². The molecule has 1 unspecified atom stereocenters. The van der Waals surface area contributed by atoms with E-state index in [0.29, 0.717) is 12.3 Å². The summed E-state index contributed by atoms with van der Waals surface area (Å²) in [6.45, 7) is 5.11. The van der Waals surface area contributed by atoms with Crippen molar-refractivity contribution in [3.8, 4) is 0 Å². The molecule has 0 aliphatic rings. The molecule has 108 valence electrons. The number of rotatable bonds is 6. The van der Waals surface area contributed by atoms with Crippen LogP contribution < -0.4 is 0 Å².